The smallest absolute Gasteiger partial charge is 0.261 e. The number of sulfonamides is 1. The van der Waals surface area contributed by atoms with Crippen molar-refractivity contribution >= 4 is 32.4 Å². The maximum Gasteiger partial charge on any atom is 0.261 e. The van der Waals surface area contributed by atoms with Crippen molar-refractivity contribution in [2.45, 2.75) is 30.7 Å². The summed E-state index contributed by atoms with van der Waals surface area (Å²) in [6, 6.07) is 8.47. The standard InChI is InChI=1S/C21H25N5O4S/c1-14-11-25(12-14)31(28,29)17-6-4-15(5-7-17)23-20-19-18(8-9-22-21(19)27)26(24-20)16-3-2-10-30-13-16/h4-9,14,16H,2-3,10-13H2,1H3,(H,22,27)(H,23,24). The van der Waals surface area contributed by atoms with E-state index in [1.165, 1.54) is 4.31 Å². The van der Waals surface area contributed by atoms with E-state index in [-0.39, 0.29) is 16.5 Å². The molecule has 0 saturated carbocycles. The Morgan fingerprint density at radius 2 is 1.97 bits per heavy atom. The van der Waals surface area contributed by atoms with E-state index in [2.05, 4.69) is 15.4 Å². The fourth-order valence-electron chi connectivity index (χ4n) is 4.22. The average Bonchev–Trinajstić information content (AvgIpc) is 3.12. The minimum atomic E-state index is -3.46. The van der Waals surface area contributed by atoms with Crippen molar-refractivity contribution in [2.24, 2.45) is 5.92 Å². The van der Waals surface area contributed by atoms with Gasteiger partial charge in [-0.05, 0) is 49.1 Å². The van der Waals surface area contributed by atoms with Crippen LogP contribution in [0.4, 0.5) is 11.5 Å². The van der Waals surface area contributed by atoms with Gasteiger partial charge in [0.25, 0.3) is 5.56 Å². The SMILES string of the molecule is CC1CN(S(=O)(=O)c2ccc(Nc3nn(C4CCCOC4)c4cc[nH]c(=O)c34)cc2)C1. The lowest BCUT2D eigenvalue weighted by atomic mass is 10.1. The molecule has 2 aliphatic heterocycles. The molecule has 3 aromatic rings. The fourth-order valence-corrected chi connectivity index (χ4v) is 5.90. The minimum absolute atomic E-state index is 0.0695. The van der Waals surface area contributed by atoms with Crippen molar-refractivity contribution in [1.29, 1.82) is 0 Å². The molecule has 4 heterocycles. The molecule has 31 heavy (non-hydrogen) atoms. The van der Waals surface area contributed by atoms with Crippen molar-refractivity contribution in [3.8, 4) is 0 Å². The Bertz CT molecular complexity index is 1250. The third kappa shape index (κ3) is 3.64. The summed E-state index contributed by atoms with van der Waals surface area (Å²) in [5, 5.41) is 8.34. The summed E-state index contributed by atoms with van der Waals surface area (Å²) in [5.74, 6) is 0.835. The number of ether oxygens (including phenoxy) is 1. The highest BCUT2D eigenvalue weighted by atomic mass is 32.2. The van der Waals surface area contributed by atoms with Gasteiger partial charge in [0.05, 0.1) is 23.1 Å². The monoisotopic (exact) mass is 443 g/mol. The number of nitrogens with one attached hydrogen (secondary N) is 2. The predicted octanol–water partition coefficient (Wildman–Crippen LogP) is 2.46. The molecule has 0 bridgehead atoms. The van der Waals surface area contributed by atoms with Crippen LogP contribution in [0.5, 0.6) is 0 Å². The van der Waals surface area contributed by atoms with Crippen molar-refractivity contribution in [3.05, 3.63) is 46.9 Å². The molecule has 0 amide bonds. The van der Waals surface area contributed by atoms with Crippen LogP contribution in [0.1, 0.15) is 25.8 Å². The number of aromatic nitrogens is 3. The van der Waals surface area contributed by atoms with E-state index in [4.69, 9.17) is 4.74 Å². The topological polar surface area (TPSA) is 109 Å². The number of H-pyrrole nitrogens is 1. The highest BCUT2D eigenvalue weighted by molar-refractivity contribution is 7.89. The molecule has 2 saturated heterocycles. The molecule has 2 N–H and O–H groups in total. The first-order valence-electron chi connectivity index (χ1n) is 10.5. The maximum atomic E-state index is 12.7. The number of pyridine rings is 1. The molecule has 0 radical (unpaired) electrons. The molecular formula is C21H25N5O4S. The summed E-state index contributed by atoms with van der Waals surface area (Å²) in [6.45, 7) is 4.44. The fraction of sp³-hybridized carbons (Fsp3) is 0.429. The number of hydrogen-bond acceptors (Lipinski definition) is 6. The Balaban J connectivity index is 1.45. The zero-order chi connectivity index (χ0) is 21.6. The summed E-state index contributed by atoms with van der Waals surface area (Å²) in [7, 11) is -3.46. The zero-order valence-electron chi connectivity index (χ0n) is 17.2. The van der Waals surface area contributed by atoms with Gasteiger partial charge in [-0.25, -0.2) is 8.42 Å². The third-order valence-electron chi connectivity index (χ3n) is 5.90. The third-order valence-corrected chi connectivity index (χ3v) is 7.74. The van der Waals surface area contributed by atoms with Gasteiger partial charge in [0.1, 0.15) is 5.39 Å². The largest absolute Gasteiger partial charge is 0.379 e. The van der Waals surface area contributed by atoms with E-state index in [0.29, 0.717) is 42.5 Å². The van der Waals surface area contributed by atoms with E-state index in [0.717, 1.165) is 25.0 Å². The molecule has 2 fully saturated rings. The van der Waals surface area contributed by atoms with Crippen molar-refractivity contribution in [1.82, 2.24) is 19.1 Å². The molecule has 0 aliphatic carbocycles. The Morgan fingerprint density at radius 1 is 1.19 bits per heavy atom. The predicted molar refractivity (Wildman–Crippen MR) is 117 cm³/mol. The van der Waals surface area contributed by atoms with Gasteiger partial charge < -0.3 is 15.0 Å². The highest BCUT2D eigenvalue weighted by Crippen LogP contribution is 2.30. The Kier molecular flexibility index (Phi) is 5.07. The molecule has 10 heteroatoms. The van der Waals surface area contributed by atoms with Crippen LogP contribution < -0.4 is 10.9 Å². The summed E-state index contributed by atoms with van der Waals surface area (Å²) in [6.07, 6.45) is 3.50. The van der Waals surface area contributed by atoms with Gasteiger partial charge >= 0.3 is 0 Å². The molecular weight excluding hydrogens is 418 g/mol. The molecule has 5 rings (SSSR count). The molecule has 164 valence electrons. The Labute approximate surface area is 180 Å². The average molecular weight is 444 g/mol. The molecule has 0 spiro atoms. The first-order valence-corrected chi connectivity index (χ1v) is 11.9. The second-order valence-electron chi connectivity index (χ2n) is 8.31. The minimum Gasteiger partial charge on any atom is -0.379 e. The number of benzene rings is 1. The van der Waals surface area contributed by atoms with Crippen molar-refractivity contribution in [3.63, 3.8) is 0 Å². The van der Waals surface area contributed by atoms with Crippen LogP contribution in [0.2, 0.25) is 0 Å². The van der Waals surface area contributed by atoms with Gasteiger partial charge in [-0.3, -0.25) is 9.48 Å². The summed E-state index contributed by atoms with van der Waals surface area (Å²) in [4.78, 5) is 15.5. The van der Waals surface area contributed by atoms with Crippen LogP contribution >= 0.6 is 0 Å². The first-order chi connectivity index (χ1) is 14.9. The number of hydrogen-bond donors (Lipinski definition) is 2. The van der Waals surface area contributed by atoms with Crippen molar-refractivity contribution in [2.75, 3.05) is 31.6 Å². The summed E-state index contributed by atoms with van der Waals surface area (Å²) < 4.78 is 34.3. The molecule has 9 nitrogen and oxygen atoms in total. The molecule has 2 aliphatic rings. The first kappa shape index (κ1) is 20.2. The Morgan fingerprint density at radius 3 is 2.65 bits per heavy atom. The normalized spacial score (nSPS) is 20.6. The second kappa shape index (κ2) is 7.77. The van der Waals surface area contributed by atoms with Gasteiger partial charge in [-0.2, -0.15) is 9.40 Å². The van der Waals surface area contributed by atoms with E-state index in [1.54, 1.807) is 30.5 Å². The lowest BCUT2D eigenvalue weighted by Gasteiger charge is -2.35. The number of nitrogens with zero attached hydrogens (tertiary/aromatic N) is 3. The van der Waals surface area contributed by atoms with E-state index < -0.39 is 10.0 Å². The molecule has 1 atom stereocenters. The van der Waals surface area contributed by atoms with Gasteiger partial charge in [0.15, 0.2) is 5.82 Å². The summed E-state index contributed by atoms with van der Waals surface area (Å²) in [5.41, 5.74) is 1.17. The Hall–Kier alpha value is -2.69. The van der Waals surface area contributed by atoms with Crippen LogP contribution in [-0.2, 0) is 14.8 Å². The highest BCUT2D eigenvalue weighted by Gasteiger charge is 2.34. The van der Waals surface area contributed by atoms with Gasteiger partial charge in [0, 0.05) is 31.6 Å². The zero-order valence-corrected chi connectivity index (χ0v) is 18.1. The van der Waals surface area contributed by atoms with E-state index in [9.17, 15) is 13.2 Å². The van der Waals surface area contributed by atoms with Gasteiger partial charge in [-0.15, -0.1) is 0 Å². The maximum absolute atomic E-state index is 12.7. The van der Waals surface area contributed by atoms with E-state index >= 15 is 0 Å². The van der Waals surface area contributed by atoms with Crippen LogP contribution in [0.3, 0.4) is 0 Å². The van der Waals surface area contributed by atoms with Gasteiger partial charge in [-0.1, -0.05) is 6.92 Å². The second-order valence-corrected chi connectivity index (χ2v) is 10.2. The van der Waals surface area contributed by atoms with Crippen LogP contribution in [-0.4, -0.2) is 53.8 Å². The molecule has 1 aromatic carbocycles. The summed E-state index contributed by atoms with van der Waals surface area (Å²) >= 11 is 0. The van der Waals surface area contributed by atoms with Crippen LogP contribution in [0, 0.1) is 5.92 Å². The van der Waals surface area contributed by atoms with E-state index in [1.807, 2.05) is 17.7 Å². The van der Waals surface area contributed by atoms with Gasteiger partial charge in [0.2, 0.25) is 10.0 Å². The lowest BCUT2D eigenvalue weighted by molar-refractivity contribution is 0.0566. The molecule has 1 unspecified atom stereocenters. The lowest BCUT2D eigenvalue weighted by Crippen LogP contribution is -2.48. The quantitative estimate of drug-likeness (QED) is 0.627. The molecule has 2 aromatic heterocycles. The number of anilines is 2. The number of rotatable bonds is 5. The van der Waals surface area contributed by atoms with Crippen LogP contribution in [0.15, 0.2) is 46.2 Å². The number of aromatic amines is 1. The van der Waals surface area contributed by atoms with Crippen LogP contribution in [0.25, 0.3) is 10.9 Å². The van der Waals surface area contributed by atoms with Crippen molar-refractivity contribution < 1.29 is 13.2 Å². The number of fused-ring (bicyclic) bond motifs is 1.